The monoisotopic (exact) mass is 421 g/mol. The van der Waals surface area contributed by atoms with Crippen molar-refractivity contribution in [2.24, 2.45) is 0 Å². The van der Waals surface area contributed by atoms with Crippen LogP contribution in [-0.4, -0.2) is 50.2 Å². The van der Waals surface area contributed by atoms with E-state index in [1.807, 2.05) is 67.3 Å². The number of carbonyl (C=O) groups is 2. The maximum Gasteiger partial charge on any atom is 0.411 e. The van der Waals surface area contributed by atoms with Gasteiger partial charge in [0.2, 0.25) is 0 Å². The smallest absolute Gasteiger partial charge is 0.411 e. The molecule has 0 bridgehead atoms. The summed E-state index contributed by atoms with van der Waals surface area (Å²) >= 11 is 0. The summed E-state index contributed by atoms with van der Waals surface area (Å²) in [4.78, 5) is 28.1. The number of nitrogens with one attached hydrogen (secondary N) is 1. The second-order valence-corrected chi connectivity index (χ2v) is 7.56. The predicted molar refractivity (Wildman–Crippen MR) is 126 cm³/mol. The minimum atomic E-state index is -0.470. The predicted octanol–water partition coefficient (Wildman–Crippen LogP) is 5.03. The minimum absolute atomic E-state index is 0.0873. The number of methoxy groups -OCH3 is 1. The van der Waals surface area contributed by atoms with Crippen molar-refractivity contribution >= 4 is 29.5 Å². The molecule has 1 N–H and O–H groups in total. The summed E-state index contributed by atoms with van der Waals surface area (Å²) in [6.45, 7) is 7.32. The lowest BCUT2D eigenvalue weighted by atomic mass is 10.00. The Labute approximate surface area is 184 Å². The number of hydrogen-bond acceptors (Lipinski definition) is 4. The zero-order valence-corrected chi connectivity index (χ0v) is 18.6. The summed E-state index contributed by atoms with van der Waals surface area (Å²) in [5, 5.41) is 2.70. The van der Waals surface area contributed by atoms with Crippen molar-refractivity contribution in [3.05, 3.63) is 65.2 Å². The van der Waals surface area contributed by atoms with Crippen LogP contribution in [-0.2, 0) is 4.74 Å². The van der Waals surface area contributed by atoms with Gasteiger partial charge in [-0.25, -0.2) is 4.79 Å². The van der Waals surface area contributed by atoms with Crippen LogP contribution < -0.4 is 10.2 Å². The molecular formula is C25H31N3O3. The third kappa shape index (κ3) is 5.87. The van der Waals surface area contributed by atoms with E-state index in [0.29, 0.717) is 0 Å². The average molecular weight is 422 g/mol. The molecule has 2 amide bonds. The third-order valence-electron chi connectivity index (χ3n) is 5.62. The van der Waals surface area contributed by atoms with Crippen LogP contribution in [0.3, 0.4) is 0 Å². The van der Waals surface area contributed by atoms with Crippen molar-refractivity contribution in [3.8, 4) is 0 Å². The van der Waals surface area contributed by atoms with E-state index in [1.54, 1.807) is 0 Å². The van der Waals surface area contributed by atoms with Gasteiger partial charge in [0.05, 0.1) is 7.11 Å². The number of piperidine rings is 1. The van der Waals surface area contributed by atoms with Gasteiger partial charge < -0.3 is 14.5 Å². The molecule has 0 aliphatic carbocycles. The largest absolute Gasteiger partial charge is 0.453 e. The highest BCUT2D eigenvalue weighted by Crippen LogP contribution is 2.25. The molecule has 6 nitrogen and oxygen atoms in total. The van der Waals surface area contributed by atoms with Gasteiger partial charge in [-0.15, -0.1) is 0 Å². The zero-order chi connectivity index (χ0) is 22.2. The molecule has 1 fully saturated rings. The first-order valence-electron chi connectivity index (χ1n) is 10.8. The van der Waals surface area contributed by atoms with Crippen molar-refractivity contribution < 1.29 is 14.3 Å². The second-order valence-electron chi connectivity index (χ2n) is 7.56. The van der Waals surface area contributed by atoms with Crippen LogP contribution in [0.1, 0.15) is 42.6 Å². The van der Waals surface area contributed by atoms with E-state index in [0.717, 1.165) is 61.5 Å². The minimum Gasteiger partial charge on any atom is -0.453 e. The molecule has 0 saturated carbocycles. The molecule has 1 aliphatic heterocycles. The molecule has 0 unspecified atom stereocenters. The Morgan fingerprint density at radius 1 is 1.06 bits per heavy atom. The van der Waals surface area contributed by atoms with Crippen LogP contribution in [0.5, 0.6) is 0 Å². The van der Waals surface area contributed by atoms with Crippen molar-refractivity contribution in [1.82, 2.24) is 4.90 Å². The van der Waals surface area contributed by atoms with Crippen LogP contribution in [0.25, 0.3) is 6.08 Å². The molecule has 164 valence electrons. The van der Waals surface area contributed by atoms with Crippen LogP contribution in [0.4, 0.5) is 16.2 Å². The quantitative estimate of drug-likeness (QED) is 0.711. The Bertz CT molecular complexity index is 923. The maximum atomic E-state index is 12.5. The maximum absolute atomic E-state index is 12.5. The lowest BCUT2D eigenvalue weighted by molar-refractivity contribution is 0.0773. The highest BCUT2D eigenvalue weighted by Gasteiger charge is 2.16. The van der Waals surface area contributed by atoms with E-state index >= 15 is 0 Å². The lowest BCUT2D eigenvalue weighted by Crippen LogP contribution is -2.31. The molecule has 1 saturated heterocycles. The van der Waals surface area contributed by atoms with Gasteiger partial charge in [0.1, 0.15) is 0 Å². The molecule has 2 aromatic rings. The third-order valence-corrected chi connectivity index (χ3v) is 5.62. The normalized spacial score (nSPS) is 13.5. The van der Waals surface area contributed by atoms with Gasteiger partial charge in [-0.3, -0.25) is 10.1 Å². The number of rotatable bonds is 6. The first kappa shape index (κ1) is 22.4. The van der Waals surface area contributed by atoms with E-state index in [-0.39, 0.29) is 5.91 Å². The molecule has 1 heterocycles. The molecule has 0 radical (unpaired) electrons. The Hall–Kier alpha value is -3.28. The summed E-state index contributed by atoms with van der Waals surface area (Å²) in [5.41, 5.74) is 5.07. The molecule has 0 aromatic heterocycles. The van der Waals surface area contributed by atoms with Crippen LogP contribution in [0.15, 0.2) is 54.1 Å². The Morgan fingerprint density at radius 2 is 1.74 bits per heavy atom. The number of benzene rings is 2. The second kappa shape index (κ2) is 10.7. The topological polar surface area (TPSA) is 61.9 Å². The molecule has 0 spiro atoms. The standard InChI is InChI=1S/C25H31N3O3/c1-4-27(5-2)24(29)21-9-11-23(12-10-21)28-15-13-19(14-16-28)17-20-7-6-8-22(18-20)26-25(30)31-3/h6-12,17-18H,4-5,13-16H2,1-3H3,(H,26,30). The van der Waals surface area contributed by atoms with Gasteiger partial charge in [0.15, 0.2) is 0 Å². The highest BCUT2D eigenvalue weighted by molar-refractivity contribution is 5.94. The van der Waals surface area contributed by atoms with Crippen molar-refractivity contribution in [3.63, 3.8) is 0 Å². The number of nitrogens with zero attached hydrogens (tertiary/aromatic N) is 2. The van der Waals surface area contributed by atoms with Crippen molar-refractivity contribution in [2.75, 3.05) is 43.5 Å². The van der Waals surface area contributed by atoms with Crippen molar-refractivity contribution in [2.45, 2.75) is 26.7 Å². The van der Waals surface area contributed by atoms with Crippen LogP contribution >= 0.6 is 0 Å². The number of hydrogen-bond donors (Lipinski definition) is 1. The number of ether oxygens (including phenoxy) is 1. The van der Waals surface area contributed by atoms with Gasteiger partial charge >= 0.3 is 6.09 Å². The van der Waals surface area contributed by atoms with Crippen molar-refractivity contribution in [1.29, 1.82) is 0 Å². The van der Waals surface area contributed by atoms with E-state index in [2.05, 4.69) is 21.0 Å². The summed E-state index contributed by atoms with van der Waals surface area (Å²) in [6, 6.07) is 15.7. The van der Waals surface area contributed by atoms with Crippen LogP contribution in [0, 0.1) is 0 Å². The fourth-order valence-corrected chi connectivity index (χ4v) is 3.82. The summed E-state index contributed by atoms with van der Waals surface area (Å²) in [6.07, 6.45) is 3.69. The summed E-state index contributed by atoms with van der Waals surface area (Å²) in [5.74, 6) is 0.0873. The van der Waals surface area contributed by atoms with Crippen LogP contribution in [0.2, 0.25) is 0 Å². The number of amides is 2. The first-order chi connectivity index (χ1) is 15.0. The Morgan fingerprint density at radius 3 is 2.35 bits per heavy atom. The van der Waals surface area contributed by atoms with Gasteiger partial charge in [-0.2, -0.15) is 0 Å². The first-order valence-corrected chi connectivity index (χ1v) is 10.8. The molecule has 0 atom stereocenters. The molecule has 1 aliphatic rings. The molecule has 6 heteroatoms. The van der Waals surface area contributed by atoms with E-state index < -0.39 is 6.09 Å². The Balaban J connectivity index is 1.60. The van der Waals surface area contributed by atoms with E-state index in [9.17, 15) is 9.59 Å². The fourth-order valence-electron chi connectivity index (χ4n) is 3.82. The molecule has 3 rings (SSSR count). The van der Waals surface area contributed by atoms with E-state index in [4.69, 9.17) is 0 Å². The number of anilines is 2. The average Bonchev–Trinajstić information content (AvgIpc) is 2.80. The highest BCUT2D eigenvalue weighted by atomic mass is 16.5. The zero-order valence-electron chi connectivity index (χ0n) is 18.6. The van der Waals surface area contributed by atoms with Gasteiger partial charge in [-0.1, -0.05) is 23.8 Å². The van der Waals surface area contributed by atoms with Gasteiger partial charge in [-0.05, 0) is 68.7 Å². The summed E-state index contributed by atoms with van der Waals surface area (Å²) in [7, 11) is 1.35. The SMILES string of the molecule is CCN(CC)C(=O)c1ccc(N2CCC(=Cc3cccc(NC(=O)OC)c3)CC2)cc1. The van der Waals surface area contributed by atoms with Gasteiger partial charge in [0.25, 0.3) is 5.91 Å². The fraction of sp³-hybridized carbons (Fsp3) is 0.360. The van der Waals surface area contributed by atoms with E-state index in [1.165, 1.54) is 12.7 Å². The summed E-state index contributed by atoms with van der Waals surface area (Å²) < 4.78 is 4.65. The lowest BCUT2D eigenvalue weighted by Gasteiger charge is -2.30. The molecule has 2 aromatic carbocycles. The van der Waals surface area contributed by atoms with Gasteiger partial charge in [0, 0.05) is 43.1 Å². The Kier molecular flexibility index (Phi) is 7.70. The number of carbonyl (C=O) groups excluding carboxylic acids is 2. The molecular weight excluding hydrogens is 390 g/mol. The molecule has 31 heavy (non-hydrogen) atoms.